The van der Waals surface area contributed by atoms with E-state index in [0.717, 1.165) is 0 Å². The summed E-state index contributed by atoms with van der Waals surface area (Å²) in [7, 11) is 0. The number of aryl methyl sites for hydroxylation is 1. The third-order valence-electron chi connectivity index (χ3n) is 4.41. The maximum absolute atomic E-state index is 14.6. The predicted molar refractivity (Wildman–Crippen MR) is 108 cm³/mol. The highest BCUT2D eigenvalue weighted by Gasteiger charge is 2.28. The van der Waals surface area contributed by atoms with Gasteiger partial charge in [-0.05, 0) is 29.2 Å². The molecule has 1 N–H and O–H groups in total. The first kappa shape index (κ1) is 21.2. The number of pyridine rings is 1. The van der Waals surface area contributed by atoms with Gasteiger partial charge in [-0.1, -0.05) is 32.4 Å². The van der Waals surface area contributed by atoms with Crippen LogP contribution in [0.4, 0.5) is 20.3 Å². The van der Waals surface area contributed by atoms with Gasteiger partial charge in [0.1, 0.15) is 5.82 Å². The topological polar surface area (TPSA) is 62.3 Å². The molecule has 0 aliphatic carbocycles. The number of carbonyl (C=O) groups excluding carboxylic acids is 2. The largest absolute Gasteiger partial charge is 0.308 e. The minimum absolute atomic E-state index is 0.0418. The van der Waals surface area contributed by atoms with Crippen LogP contribution < -0.4 is 10.2 Å². The molecule has 2 aromatic rings. The lowest BCUT2D eigenvalue weighted by Gasteiger charge is -2.29. The van der Waals surface area contributed by atoms with Crippen LogP contribution in [0.25, 0.3) is 0 Å². The molecule has 3 rings (SSSR count). The van der Waals surface area contributed by atoms with Gasteiger partial charge >= 0.3 is 0 Å². The molecule has 1 aliphatic heterocycles. The number of anilines is 2. The Bertz CT molecular complexity index is 953. The lowest BCUT2D eigenvalue weighted by atomic mass is 9.92. The highest BCUT2D eigenvalue weighted by molar-refractivity contribution is 6.30. The first-order valence-electron chi connectivity index (χ1n) is 9.26. The van der Waals surface area contributed by atoms with Crippen molar-refractivity contribution in [2.75, 3.05) is 10.2 Å². The molecule has 0 saturated heterocycles. The number of nitrogens with one attached hydrogen (secondary N) is 1. The average Bonchev–Trinajstić information content (AvgIpc) is 2.56. The van der Waals surface area contributed by atoms with Crippen molar-refractivity contribution in [1.29, 1.82) is 0 Å². The van der Waals surface area contributed by atoms with E-state index in [1.165, 1.54) is 23.1 Å². The Balaban J connectivity index is 1.88. The van der Waals surface area contributed by atoms with E-state index in [1.807, 2.05) is 20.8 Å². The summed E-state index contributed by atoms with van der Waals surface area (Å²) in [6.07, 6.45) is 0.733. The van der Waals surface area contributed by atoms with E-state index in [9.17, 15) is 18.4 Å². The number of fused-ring (bicyclic) bond motifs is 1. The molecule has 29 heavy (non-hydrogen) atoms. The second kappa shape index (κ2) is 8.06. The number of benzene rings is 1. The molecule has 0 radical (unpaired) electrons. The van der Waals surface area contributed by atoms with Crippen LogP contribution in [-0.4, -0.2) is 16.8 Å². The van der Waals surface area contributed by atoms with E-state index < -0.39 is 11.6 Å². The number of hydrogen-bond acceptors (Lipinski definition) is 3. The highest BCUT2D eigenvalue weighted by atomic mass is 35.5. The third-order valence-corrected chi connectivity index (χ3v) is 4.63. The summed E-state index contributed by atoms with van der Waals surface area (Å²) in [5.41, 5.74) is 1.05. The maximum Gasteiger partial charge on any atom is 0.227 e. The second-order valence-electron chi connectivity index (χ2n) is 8.33. The van der Waals surface area contributed by atoms with E-state index in [2.05, 4.69) is 10.3 Å². The van der Waals surface area contributed by atoms with Crippen LogP contribution in [0.5, 0.6) is 0 Å². The Kier molecular flexibility index (Phi) is 5.89. The Morgan fingerprint density at radius 1 is 1.21 bits per heavy atom. The molecule has 2 heterocycles. The van der Waals surface area contributed by atoms with Crippen molar-refractivity contribution in [2.24, 2.45) is 5.41 Å². The van der Waals surface area contributed by atoms with Gasteiger partial charge in [0.15, 0.2) is 11.6 Å². The summed E-state index contributed by atoms with van der Waals surface area (Å²) < 4.78 is 28.3. The summed E-state index contributed by atoms with van der Waals surface area (Å²) in [6, 6.07) is 5.19. The maximum atomic E-state index is 14.6. The zero-order valence-electron chi connectivity index (χ0n) is 16.5. The summed E-state index contributed by atoms with van der Waals surface area (Å²) >= 11 is 5.89. The quantitative estimate of drug-likeness (QED) is 0.766. The first-order valence-corrected chi connectivity index (χ1v) is 9.64. The smallest absolute Gasteiger partial charge is 0.227 e. The van der Waals surface area contributed by atoms with Crippen LogP contribution in [-0.2, 0) is 22.6 Å². The Hall–Kier alpha value is -2.54. The van der Waals surface area contributed by atoms with Crippen molar-refractivity contribution in [3.05, 3.63) is 52.2 Å². The fraction of sp³-hybridized carbons (Fsp3) is 0.381. The number of halogens is 3. The lowest BCUT2D eigenvalue weighted by Crippen LogP contribution is -2.35. The standard InChI is InChI=1S/C21H22ClF2N3O2/c1-21(2,3)10-18(28)26-20-15(24)9-17-16(25-20)4-5-19(29)27(17)11-12-6-13(22)8-14(23)7-12/h6-9H,4-5,10-11H2,1-3H3,(H,25,26,28). The Labute approximate surface area is 173 Å². The summed E-state index contributed by atoms with van der Waals surface area (Å²) in [5.74, 6) is -1.95. The van der Waals surface area contributed by atoms with Crippen LogP contribution in [0.3, 0.4) is 0 Å². The van der Waals surface area contributed by atoms with Crippen LogP contribution >= 0.6 is 11.6 Å². The van der Waals surface area contributed by atoms with Gasteiger partial charge in [-0.15, -0.1) is 0 Å². The number of hydrogen-bond donors (Lipinski definition) is 1. The van der Waals surface area contributed by atoms with Gasteiger partial charge in [-0.25, -0.2) is 13.8 Å². The zero-order valence-corrected chi connectivity index (χ0v) is 17.2. The van der Waals surface area contributed by atoms with Crippen molar-refractivity contribution in [2.45, 2.75) is 46.6 Å². The molecule has 1 aliphatic rings. The molecule has 0 spiro atoms. The first-order chi connectivity index (χ1) is 13.5. The van der Waals surface area contributed by atoms with E-state index in [4.69, 9.17) is 11.6 Å². The SMILES string of the molecule is CC(C)(C)CC(=O)Nc1nc2c(cc1F)N(Cc1cc(F)cc(Cl)c1)C(=O)CC2. The molecule has 5 nitrogen and oxygen atoms in total. The van der Waals surface area contributed by atoms with Gasteiger partial charge in [-0.3, -0.25) is 9.59 Å². The second-order valence-corrected chi connectivity index (χ2v) is 8.76. The third kappa shape index (κ3) is 5.29. The molecular weight excluding hydrogens is 400 g/mol. The molecule has 154 valence electrons. The number of aromatic nitrogens is 1. The van der Waals surface area contributed by atoms with Crippen molar-refractivity contribution in [1.82, 2.24) is 4.98 Å². The highest BCUT2D eigenvalue weighted by Crippen LogP contribution is 2.32. The van der Waals surface area contributed by atoms with Crippen LogP contribution in [0, 0.1) is 17.0 Å². The molecule has 0 fully saturated rings. The molecule has 0 saturated carbocycles. The number of nitrogens with zero attached hydrogens (tertiary/aromatic N) is 2. The van der Waals surface area contributed by atoms with E-state index in [1.54, 1.807) is 6.07 Å². The average molecular weight is 422 g/mol. The van der Waals surface area contributed by atoms with E-state index >= 15 is 0 Å². The number of rotatable bonds is 4. The molecule has 0 atom stereocenters. The molecule has 2 amide bonds. The molecule has 0 bridgehead atoms. The number of amides is 2. The Morgan fingerprint density at radius 3 is 2.59 bits per heavy atom. The van der Waals surface area contributed by atoms with Crippen molar-refractivity contribution < 1.29 is 18.4 Å². The molecule has 1 aromatic carbocycles. The van der Waals surface area contributed by atoms with E-state index in [0.29, 0.717) is 23.4 Å². The lowest BCUT2D eigenvalue weighted by molar-refractivity contribution is -0.119. The molecular formula is C21H22ClF2N3O2. The minimum atomic E-state index is -0.733. The van der Waals surface area contributed by atoms with E-state index in [-0.39, 0.29) is 47.5 Å². The van der Waals surface area contributed by atoms with Gasteiger partial charge in [-0.2, -0.15) is 0 Å². The van der Waals surface area contributed by atoms with Gasteiger partial charge < -0.3 is 10.2 Å². The predicted octanol–water partition coefficient (Wildman–Crippen LogP) is 4.87. The summed E-state index contributed by atoms with van der Waals surface area (Å²) in [4.78, 5) is 30.2. The minimum Gasteiger partial charge on any atom is -0.308 e. The monoisotopic (exact) mass is 421 g/mol. The van der Waals surface area contributed by atoms with Crippen LogP contribution in [0.2, 0.25) is 5.02 Å². The number of carbonyl (C=O) groups is 2. The zero-order chi connectivity index (χ0) is 21.3. The van der Waals surface area contributed by atoms with Gasteiger partial charge in [0.25, 0.3) is 0 Å². The Morgan fingerprint density at radius 2 is 1.93 bits per heavy atom. The summed E-state index contributed by atoms with van der Waals surface area (Å²) in [6.45, 7) is 5.77. The van der Waals surface area contributed by atoms with Crippen molar-refractivity contribution >= 4 is 34.9 Å². The fourth-order valence-corrected chi connectivity index (χ4v) is 3.48. The molecule has 1 aromatic heterocycles. The molecule has 0 unspecified atom stereocenters. The fourth-order valence-electron chi connectivity index (χ4n) is 3.23. The van der Waals surface area contributed by atoms with Crippen LogP contribution in [0.15, 0.2) is 24.3 Å². The van der Waals surface area contributed by atoms with Crippen molar-refractivity contribution in [3.8, 4) is 0 Å². The molecule has 8 heteroatoms. The summed E-state index contributed by atoms with van der Waals surface area (Å²) in [5, 5.41) is 2.73. The van der Waals surface area contributed by atoms with Gasteiger partial charge in [0, 0.05) is 30.4 Å². The van der Waals surface area contributed by atoms with Crippen LogP contribution in [0.1, 0.15) is 44.9 Å². The van der Waals surface area contributed by atoms with Gasteiger partial charge in [0.05, 0.1) is 17.9 Å². The van der Waals surface area contributed by atoms with Gasteiger partial charge in [0.2, 0.25) is 11.8 Å². The normalized spacial score (nSPS) is 14.0. The van der Waals surface area contributed by atoms with Crippen molar-refractivity contribution in [3.63, 3.8) is 0 Å².